The standard InChI is InChI=1S/C14H19N3O/c1-4-7-17-9-11-8-12(15)5-6-13(11)16(3)10(2)14(17)18/h4-6,8,10H,1,7,9,15H2,2-3H3/t10-/m0/s1. The Labute approximate surface area is 108 Å². The second-order valence-corrected chi connectivity index (χ2v) is 4.68. The number of amides is 1. The molecule has 0 bridgehead atoms. The number of likely N-dealkylation sites (N-methyl/N-ethyl adjacent to an activating group) is 1. The summed E-state index contributed by atoms with van der Waals surface area (Å²) < 4.78 is 0. The van der Waals surface area contributed by atoms with Gasteiger partial charge in [-0.3, -0.25) is 4.79 Å². The van der Waals surface area contributed by atoms with Gasteiger partial charge in [-0.05, 0) is 30.7 Å². The fraction of sp³-hybridized carbons (Fsp3) is 0.357. The molecule has 2 N–H and O–H groups in total. The minimum absolute atomic E-state index is 0.118. The molecule has 96 valence electrons. The summed E-state index contributed by atoms with van der Waals surface area (Å²) in [6, 6.07) is 5.62. The van der Waals surface area contributed by atoms with Crippen molar-refractivity contribution in [2.75, 3.05) is 24.2 Å². The second kappa shape index (κ2) is 4.72. The Kier molecular flexibility index (Phi) is 3.28. The first kappa shape index (κ1) is 12.5. The summed E-state index contributed by atoms with van der Waals surface area (Å²) in [7, 11) is 1.94. The molecule has 0 radical (unpaired) electrons. The third-order valence-corrected chi connectivity index (χ3v) is 3.44. The lowest BCUT2D eigenvalue weighted by Crippen LogP contribution is -2.43. The quantitative estimate of drug-likeness (QED) is 0.636. The van der Waals surface area contributed by atoms with E-state index >= 15 is 0 Å². The van der Waals surface area contributed by atoms with Gasteiger partial charge in [-0.25, -0.2) is 0 Å². The van der Waals surface area contributed by atoms with Gasteiger partial charge in [-0.1, -0.05) is 6.08 Å². The van der Waals surface area contributed by atoms with Gasteiger partial charge in [-0.2, -0.15) is 0 Å². The van der Waals surface area contributed by atoms with Crippen molar-refractivity contribution in [1.82, 2.24) is 4.90 Å². The first-order valence-electron chi connectivity index (χ1n) is 6.05. The molecule has 1 atom stereocenters. The molecule has 4 nitrogen and oxygen atoms in total. The Balaban J connectivity index is 2.46. The van der Waals surface area contributed by atoms with Crippen molar-refractivity contribution < 1.29 is 4.79 Å². The fourth-order valence-electron chi connectivity index (χ4n) is 2.31. The lowest BCUT2D eigenvalue weighted by Gasteiger charge is -2.26. The first-order chi connectivity index (χ1) is 8.54. The molecule has 1 aliphatic rings. The minimum atomic E-state index is -0.171. The molecule has 18 heavy (non-hydrogen) atoms. The minimum Gasteiger partial charge on any atom is -0.399 e. The van der Waals surface area contributed by atoms with E-state index in [1.54, 1.807) is 11.0 Å². The van der Waals surface area contributed by atoms with Crippen molar-refractivity contribution in [2.24, 2.45) is 0 Å². The number of fused-ring (bicyclic) bond motifs is 1. The zero-order valence-electron chi connectivity index (χ0n) is 10.9. The number of nitrogens with two attached hydrogens (primary N) is 1. The van der Waals surface area contributed by atoms with Crippen LogP contribution in [0.3, 0.4) is 0 Å². The van der Waals surface area contributed by atoms with Crippen LogP contribution in [0.25, 0.3) is 0 Å². The lowest BCUT2D eigenvalue weighted by atomic mass is 10.1. The maximum absolute atomic E-state index is 12.3. The van der Waals surface area contributed by atoms with Crippen molar-refractivity contribution in [3.8, 4) is 0 Å². The van der Waals surface area contributed by atoms with Crippen LogP contribution in [0.15, 0.2) is 30.9 Å². The van der Waals surface area contributed by atoms with E-state index in [0.717, 1.165) is 16.9 Å². The monoisotopic (exact) mass is 245 g/mol. The van der Waals surface area contributed by atoms with Crippen molar-refractivity contribution in [3.63, 3.8) is 0 Å². The summed E-state index contributed by atoms with van der Waals surface area (Å²) in [5, 5.41) is 0. The maximum Gasteiger partial charge on any atom is 0.245 e. The number of hydrogen-bond acceptors (Lipinski definition) is 3. The third kappa shape index (κ3) is 2.06. The smallest absolute Gasteiger partial charge is 0.245 e. The van der Waals surface area contributed by atoms with Gasteiger partial charge in [-0.15, -0.1) is 6.58 Å². The molecule has 0 saturated heterocycles. The zero-order valence-corrected chi connectivity index (χ0v) is 10.9. The highest BCUT2D eigenvalue weighted by Crippen LogP contribution is 2.28. The van der Waals surface area contributed by atoms with Gasteiger partial charge in [0.1, 0.15) is 6.04 Å². The van der Waals surface area contributed by atoms with E-state index in [4.69, 9.17) is 5.73 Å². The van der Waals surface area contributed by atoms with E-state index in [2.05, 4.69) is 6.58 Å². The highest BCUT2D eigenvalue weighted by molar-refractivity contribution is 5.87. The Bertz CT molecular complexity index is 484. The summed E-state index contributed by atoms with van der Waals surface area (Å²) in [5.41, 5.74) is 8.70. The van der Waals surface area contributed by atoms with E-state index in [9.17, 15) is 4.79 Å². The highest BCUT2D eigenvalue weighted by atomic mass is 16.2. The molecule has 1 aliphatic heterocycles. The SMILES string of the molecule is C=CCN1Cc2cc(N)ccc2N(C)[C@@H](C)C1=O. The molecule has 4 heteroatoms. The normalized spacial score (nSPS) is 19.4. The summed E-state index contributed by atoms with van der Waals surface area (Å²) in [4.78, 5) is 16.1. The van der Waals surface area contributed by atoms with E-state index in [0.29, 0.717) is 13.1 Å². The number of anilines is 2. The molecule has 1 heterocycles. The number of nitrogen functional groups attached to an aromatic ring is 1. The molecule has 1 amide bonds. The summed E-state index contributed by atoms with van der Waals surface area (Å²) in [6.45, 7) is 6.77. The van der Waals surface area contributed by atoms with E-state index in [1.807, 2.05) is 37.1 Å². The number of hydrogen-bond donors (Lipinski definition) is 1. The number of carbonyl (C=O) groups excluding carboxylic acids is 1. The van der Waals surface area contributed by atoms with Gasteiger partial charge in [0.25, 0.3) is 0 Å². The largest absolute Gasteiger partial charge is 0.399 e. The molecule has 1 aromatic carbocycles. The second-order valence-electron chi connectivity index (χ2n) is 4.68. The molecular weight excluding hydrogens is 226 g/mol. The van der Waals surface area contributed by atoms with Crippen LogP contribution < -0.4 is 10.6 Å². The van der Waals surface area contributed by atoms with Gasteiger partial charge in [0.05, 0.1) is 0 Å². The van der Waals surface area contributed by atoms with Crippen molar-refractivity contribution in [2.45, 2.75) is 19.5 Å². The van der Waals surface area contributed by atoms with Crippen molar-refractivity contribution >= 4 is 17.3 Å². The zero-order chi connectivity index (χ0) is 13.3. The van der Waals surface area contributed by atoms with Crippen LogP contribution in [0.2, 0.25) is 0 Å². The number of rotatable bonds is 2. The Morgan fingerprint density at radius 2 is 2.28 bits per heavy atom. The molecule has 0 aliphatic carbocycles. The van der Waals surface area contributed by atoms with Gasteiger partial charge in [0.2, 0.25) is 5.91 Å². The van der Waals surface area contributed by atoms with Crippen LogP contribution in [0.5, 0.6) is 0 Å². The van der Waals surface area contributed by atoms with Crippen molar-refractivity contribution in [1.29, 1.82) is 0 Å². The summed E-state index contributed by atoms with van der Waals surface area (Å²) in [6.07, 6.45) is 1.75. The Morgan fingerprint density at radius 3 is 2.94 bits per heavy atom. The number of benzene rings is 1. The van der Waals surface area contributed by atoms with Crippen molar-refractivity contribution in [3.05, 3.63) is 36.4 Å². The topological polar surface area (TPSA) is 49.6 Å². The first-order valence-corrected chi connectivity index (χ1v) is 6.05. The molecule has 0 spiro atoms. The van der Waals surface area contributed by atoms with Gasteiger partial charge >= 0.3 is 0 Å². The average molecular weight is 245 g/mol. The molecule has 0 unspecified atom stereocenters. The molecular formula is C14H19N3O. The Morgan fingerprint density at radius 1 is 1.56 bits per heavy atom. The molecule has 0 aromatic heterocycles. The van der Waals surface area contributed by atoms with Gasteiger partial charge in [0.15, 0.2) is 0 Å². The molecule has 0 fully saturated rings. The average Bonchev–Trinajstić information content (AvgIpc) is 2.42. The summed E-state index contributed by atoms with van der Waals surface area (Å²) >= 11 is 0. The fourth-order valence-corrected chi connectivity index (χ4v) is 2.31. The van der Waals surface area contributed by atoms with E-state index in [1.165, 1.54) is 0 Å². The Hall–Kier alpha value is -1.97. The van der Waals surface area contributed by atoms with Crippen LogP contribution in [0.4, 0.5) is 11.4 Å². The van der Waals surface area contributed by atoms with Crippen LogP contribution in [-0.4, -0.2) is 30.4 Å². The highest BCUT2D eigenvalue weighted by Gasteiger charge is 2.29. The van der Waals surface area contributed by atoms with Gasteiger partial charge < -0.3 is 15.5 Å². The third-order valence-electron chi connectivity index (χ3n) is 3.44. The van der Waals surface area contributed by atoms with E-state index < -0.39 is 0 Å². The number of carbonyl (C=O) groups is 1. The van der Waals surface area contributed by atoms with E-state index in [-0.39, 0.29) is 11.9 Å². The molecule has 2 rings (SSSR count). The van der Waals surface area contributed by atoms with Crippen LogP contribution in [0, 0.1) is 0 Å². The van der Waals surface area contributed by atoms with Crippen LogP contribution in [-0.2, 0) is 11.3 Å². The summed E-state index contributed by atoms with van der Waals surface area (Å²) in [5.74, 6) is 0.118. The maximum atomic E-state index is 12.3. The van der Waals surface area contributed by atoms with Crippen LogP contribution >= 0.6 is 0 Å². The molecule has 1 aromatic rings. The van der Waals surface area contributed by atoms with Gasteiger partial charge in [0, 0.05) is 31.5 Å². The predicted octanol–water partition coefficient (Wildman–Crippen LogP) is 1.62. The van der Waals surface area contributed by atoms with Crippen LogP contribution in [0.1, 0.15) is 12.5 Å². The number of nitrogens with zero attached hydrogens (tertiary/aromatic N) is 2. The predicted molar refractivity (Wildman–Crippen MR) is 74.3 cm³/mol. The lowest BCUT2D eigenvalue weighted by molar-refractivity contribution is -0.131. The molecule has 0 saturated carbocycles.